The fourth-order valence-corrected chi connectivity index (χ4v) is 1.44. The number of rotatable bonds is 2. The lowest BCUT2D eigenvalue weighted by Gasteiger charge is -1.99. The van der Waals surface area contributed by atoms with Crippen LogP contribution in [0.4, 0.5) is 4.39 Å². The van der Waals surface area contributed by atoms with Gasteiger partial charge in [0, 0.05) is 5.56 Å². The highest BCUT2D eigenvalue weighted by atomic mass is 19.1. The number of hydrogen-bond acceptors (Lipinski definition) is 1. The van der Waals surface area contributed by atoms with Crippen LogP contribution < -0.4 is 0 Å². The molecule has 0 aliphatic rings. The third kappa shape index (κ3) is 1.51. The summed E-state index contributed by atoms with van der Waals surface area (Å²) in [6, 6.07) is 12.9. The molecule has 0 atom stereocenters. The summed E-state index contributed by atoms with van der Waals surface area (Å²) in [4.78, 5) is 11.1. The number of ketones is 1. The van der Waals surface area contributed by atoms with Gasteiger partial charge in [-0.15, -0.1) is 0 Å². The third-order valence-electron chi connectivity index (χ3n) is 2.19. The Morgan fingerprint density at radius 2 is 1.79 bits per heavy atom. The predicted octanol–water partition coefficient (Wildman–Crippen LogP) is 2.99. The van der Waals surface area contributed by atoms with Gasteiger partial charge >= 0.3 is 0 Å². The number of carbonyl (C=O) groups is 1. The molecule has 14 heavy (non-hydrogen) atoms. The molecule has 0 unspecified atom stereocenters. The highest BCUT2D eigenvalue weighted by molar-refractivity contribution is 6.00. The molecule has 2 rings (SSSR count). The first-order valence-electron chi connectivity index (χ1n) is 4.39. The summed E-state index contributed by atoms with van der Waals surface area (Å²) in [6.45, 7) is -0.932. The lowest BCUT2D eigenvalue weighted by atomic mass is 10.1. The molecule has 0 saturated heterocycles. The fourth-order valence-electron chi connectivity index (χ4n) is 1.44. The second-order valence-corrected chi connectivity index (χ2v) is 3.12. The van der Waals surface area contributed by atoms with Crippen molar-refractivity contribution in [1.82, 2.24) is 0 Å². The summed E-state index contributed by atoms with van der Waals surface area (Å²) in [5.41, 5.74) is 0.436. The van der Waals surface area contributed by atoms with Gasteiger partial charge < -0.3 is 0 Å². The average molecular weight is 188 g/mol. The van der Waals surface area contributed by atoms with E-state index in [0.717, 1.165) is 10.8 Å². The van der Waals surface area contributed by atoms with Crippen LogP contribution in [0.25, 0.3) is 10.8 Å². The van der Waals surface area contributed by atoms with Crippen molar-refractivity contribution in [2.45, 2.75) is 0 Å². The van der Waals surface area contributed by atoms with Gasteiger partial charge in [0.05, 0.1) is 0 Å². The molecule has 0 fully saturated rings. The SMILES string of the molecule is O=C(CF)c1ccc2ccccc2c1. The van der Waals surface area contributed by atoms with E-state index in [9.17, 15) is 9.18 Å². The minimum absolute atomic E-state index is 0.436. The minimum atomic E-state index is -0.932. The Morgan fingerprint density at radius 3 is 2.50 bits per heavy atom. The van der Waals surface area contributed by atoms with E-state index in [1.807, 2.05) is 30.3 Å². The monoisotopic (exact) mass is 188 g/mol. The quantitative estimate of drug-likeness (QED) is 0.662. The van der Waals surface area contributed by atoms with Crippen LogP contribution >= 0.6 is 0 Å². The molecule has 0 aliphatic heterocycles. The molecule has 0 spiro atoms. The van der Waals surface area contributed by atoms with E-state index < -0.39 is 12.5 Å². The maximum Gasteiger partial charge on any atom is 0.193 e. The number of hydrogen-bond donors (Lipinski definition) is 0. The second kappa shape index (κ2) is 3.58. The molecule has 70 valence electrons. The van der Waals surface area contributed by atoms with Crippen molar-refractivity contribution in [2.24, 2.45) is 0 Å². The van der Waals surface area contributed by atoms with Gasteiger partial charge in [-0.25, -0.2) is 4.39 Å². The first kappa shape index (κ1) is 8.88. The van der Waals surface area contributed by atoms with E-state index in [-0.39, 0.29) is 0 Å². The van der Waals surface area contributed by atoms with E-state index in [4.69, 9.17) is 0 Å². The molecule has 0 heterocycles. The van der Waals surface area contributed by atoms with Crippen molar-refractivity contribution in [2.75, 3.05) is 6.67 Å². The zero-order valence-electron chi connectivity index (χ0n) is 7.53. The minimum Gasteiger partial charge on any atom is -0.291 e. The van der Waals surface area contributed by atoms with Crippen molar-refractivity contribution < 1.29 is 9.18 Å². The van der Waals surface area contributed by atoms with Crippen LogP contribution in [0, 0.1) is 0 Å². The zero-order chi connectivity index (χ0) is 9.97. The highest BCUT2D eigenvalue weighted by Crippen LogP contribution is 2.15. The van der Waals surface area contributed by atoms with Crippen molar-refractivity contribution in [3.05, 3.63) is 48.0 Å². The average Bonchev–Trinajstić information content (AvgIpc) is 2.27. The molecule has 0 aromatic heterocycles. The zero-order valence-corrected chi connectivity index (χ0v) is 7.53. The molecule has 0 radical (unpaired) electrons. The number of Topliss-reactive ketones (excluding diaryl/α,β-unsaturated/α-hetero) is 1. The van der Waals surface area contributed by atoms with Crippen molar-refractivity contribution in [3.63, 3.8) is 0 Å². The van der Waals surface area contributed by atoms with Gasteiger partial charge in [0.25, 0.3) is 0 Å². The van der Waals surface area contributed by atoms with Crippen LogP contribution in [0.2, 0.25) is 0 Å². The maximum absolute atomic E-state index is 12.1. The van der Waals surface area contributed by atoms with E-state index in [0.29, 0.717) is 5.56 Å². The molecule has 0 saturated carbocycles. The van der Waals surface area contributed by atoms with Crippen molar-refractivity contribution >= 4 is 16.6 Å². The second-order valence-electron chi connectivity index (χ2n) is 3.12. The van der Waals surface area contributed by atoms with Gasteiger partial charge in [-0.1, -0.05) is 36.4 Å². The molecule has 0 bridgehead atoms. The molecule has 2 heteroatoms. The summed E-state index contributed by atoms with van der Waals surface area (Å²) in [7, 11) is 0. The van der Waals surface area contributed by atoms with Gasteiger partial charge in [0.1, 0.15) is 0 Å². The third-order valence-corrected chi connectivity index (χ3v) is 2.19. The topological polar surface area (TPSA) is 17.1 Å². The summed E-state index contributed by atoms with van der Waals surface area (Å²) in [6.07, 6.45) is 0. The van der Waals surface area contributed by atoms with E-state index in [1.54, 1.807) is 12.1 Å². The summed E-state index contributed by atoms with van der Waals surface area (Å²) < 4.78 is 12.1. The maximum atomic E-state index is 12.1. The van der Waals surface area contributed by atoms with E-state index in [1.165, 1.54) is 0 Å². The van der Waals surface area contributed by atoms with Crippen LogP contribution in [0.5, 0.6) is 0 Å². The van der Waals surface area contributed by atoms with Crippen molar-refractivity contribution in [1.29, 1.82) is 0 Å². The molecule has 0 N–H and O–H groups in total. The number of carbonyl (C=O) groups excluding carboxylic acids is 1. The predicted molar refractivity (Wildman–Crippen MR) is 54.3 cm³/mol. The van der Waals surface area contributed by atoms with Gasteiger partial charge in [-0.3, -0.25) is 4.79 Å². The Morgan fingerprint density at radius 1 is 1.07 bits per heavy atom. The number of benzene rings is 2. The van der Waals surface area contributed by atoms with Crippen LogP contribution in [-0.2, 0) is 0 Å². The molecule has 0 amide bonds. The van der Waals surface area contributed by atoms with E-state index in [2.05, 4.69) is 0 Å². The van der Waals surface area contributed by atoms with Crippen LogP contribution in [0.15, 0.2) is 42.5 Å². The Balaban J connectivity index is 2.56. The lowest BCUT2D eigenvalue weighted by molar-refractivity contribution is 0.0959. The standard InChI is InChI=1S/C12H9FO/c13-8-12(14)11-6-5-9-3-1-2-4-10(9)7-11/h1-7H,8H2. The summed E-state index contributed by atoms with van der Waals surface area (Å²) >= 11 is 0. The highest BCUT2D eigenvalue weighted by Gasteiger charge is 2.04. The van der Waals surface area contributed by atoms with Crippen LogP contribution in [0.1, 0.15) is 10.4 Å². The largest absolute Gasteiger partial charge is 0.291 e. The molecule has 1 nitrogen and oxygen atoms in total. The van der Waals surface area contributed by atoms with Gasteiger partial charge in [0.15, 0.2) is 12.5 Å². The first-order chi connectivity index (χ1) is 6.81. The molecule has 2 aromatic carbocycles. The lowest BCUT2D eigenvalue weighted by Crippen LogP contribution is -2.00. The molecule has 2 aromatic rings. The number of fused-ring (bicyclic) bond motifs is 1. The normalized spacial score (nSPS) is 10.4. The van der Waals surface area contributed by atoms with Crippen LogP contribution in [0.3, 0.4) is 0 Å². The number of alkyl halides is 1. The Kier molecular flexibility index (Phi) is 2.27. The molecular weight excluding hydrogens is 179 g/mol. The van der Waals surface area contributed by atoms with Crippen LogP contribution in [-0.4, -0.2) is 12.5 Å². The smallest absolute Gasteiger partial charge is 0.193 e. The summed E-state index contributed by atoms with van der Waals surface area (Å²) in [5.74, 6) is -0.462. The molecule has 0 aliphatic carbocycles. The van der Waals surface area contributed by atoms with Gasteiger partial charge in [-0.05, 0) is 16.8 Å². The summed E-state index contributed by atoms with van der Waals surface area (Å²) in [5, 5.41) is 2.02. The Labute approximate surface area is 81.2 Å². The fraction of sp³-hybridized carbons (Fsp3) is 0.0833. The van der Waals surface area contributed by atoms with Gasteiger partial charge in [0.2, 0.25) is 0 Å². The van der Waals surface area contributed by atoms with E-state index >= 15 is 0 Å². The molecular formula is C12H9FO. The number of halogens is 1. The Hall–Kier alpha value is -1.70. The van der Waals surface area contributed by atoms with Gasteiger partial charge in [-0.2, -0.15) is 0 Å². The Bertz CT molecular complexity index is 476. The first-order valence-corrected chi connectivity index (χ1v) is 4.39. The van der Waals surface area contributed by atoms with Crippen molar-refractivity contribution in [3.8, 4) is 0 Å².